The fourth-order valence-electron chi connectivity index (χ4n) is 1.67. The standard InChI is InChI=1S/C11H11F2IO/c12-11(13)5-8(6-11)7-15-10-4-2-1-3-9(10)14/h1-4,8H,5-7H2. The number of alkyl halides is 2. The molecule has 1 aliphatic rings. The van der Waals surface area contributed by atoms with Crippen molar-refractivity contribution in [2.45, 2.75) is 18.8 Å². The number of hydrogen-bond acceptors (Lipinski definition) is 1. The van der Waals surface area contributed by atoms with E-state index >= 15 is 0 Å². The highest BCUT2D eigenvalue weighted by Crippen LogP contribution is 2.42. The van der Waals surface area contributed by atoms with Gasteiger partial charge in [0, 0.05) is 18.8 Å². The van der Waals surface area contributed by atoms with Crippen LogP contribution < -0.4 is 4.74 Å². The molecule has 0 aliphatic heterocycles. The molecule has 0 atom stereocenters. The fraction of sp³-hybridized carbons (Fsp3) is 0.455. The second-order valence-corrected chi connectivity index (χ2v) is 5.03. The zero-order valence-corrected chi connectivity index (χ0v) is 10.2. The van der Waals surface area contributed by atoms with Crippen LogP contribution in [-0.4, -0.2) is 12.5 Å². The molecular formula is C11H11F2IO. The Morgan fingerprint density at radius 3 is 2.60 bits per heavy atom. The summed E-state index contributed by atoms with van der Waals surface area (Å²) in [6, 6.07) is 7.60. The van der Waals surface area contributed by atoms with Gasteiger partial charge in [-0.05, 0) is 34.7 Å². The van der Waals surface area contributed by atoms with Gasteiger partial charge in [0.15, 0.2) is 0 Å². The lowest BCUT2D eigenvalue weighted by atomic mass is 9.82. The normalized spacial score (nSPS) is 19.7. The van der Waals surface area contributed by atoms with Crippen LogP contribution in [0.15, 0.2) is 24.3 Å². The van der Waals surface area contributed by atoms with Crippen LogP contribution in [0, 0.1) is 9.49 Å². The van der Waals surface area contributed by atoms with Crippen LogP contribution in [0.4, 0.5) is 8.78 Å². The van der Waals surface area contributed by atoms with Gasteiger partial charge in [0.1, 0.15) is 5.75 Å². The topological polar surface area (TPSA) is 9.23 Å². The third-order valence-electron chi connectivity index (χ3n) is 2.49. The third kappa shape index (κ3) is 2.80. The van der Waals surface area contributed by atoms with Gasteiger partial charge in [0.2, 0.25) is 5.92 Å². The smallest absolute Gasteiger partial charge is 0.248 e. The number of rotatable bonds is 3. The molecule has 82 valence electrons. The fourth-order valence-corrected chi connectivity index (χ4v) is 2.22. The van der Waals surface area contributed by atoms with Crippen LogP contribution in [0.25, 0.3) is 0 Å². The molecule has 0 aromatic heterocycles. The molecule has 0 N–H and O–H groups in total. The van der Waals surface area contributed by atoms with Crippen LogP contribution in [0.2, 0.25) is 0 Å². The second-order valence-electron chi connectivity index (χ2n) is 3.87. The van der Waals surface area contributed by atoms with Crippen LogP contribution in [-0.2, 0) is 0 Å². The lowest BCUT2D eigenvalue weighted by molar-refractivity contribution is -0.119. The Kier molecular flexibility index (Phi) is 3.13. The van der Waals surface area contributed by atoms with Crippen molar-refractivity contribution in [1.29, 1.82) is 0 Å². The molecule has 4 heteroatoms. The minimum atomic E-state index is -2.45. The minimum Gasteiger partial charge on any atom is -0.492 e. The Labute approximate surface area is 101 Å². The first kappa shape index (κ1) is 11.1. The number of benzene rings is 1. The van der Waals surface area contributed by atoms with Crippen molar-refractivity contribution < 1.29 is 13.5 Å². The SMILES string of the molecule is FC1(F)CC(COc2ccccc2I)C1. The summed E-state index contributed by atoms with van der Waals surface area (Å²) in [5.41, 5.74) is 0. The van der Waals surface area contributed by atoms with E-state index in [-0.39, 0.29) is 18.8 Å². The highest BCUT2D eigenvalue weighted by Gasteiger charge is 2.45. The monoisotopic (exact) mass is 324 g/mol. The molecule has 0 saturated heterocycles. The van der Waals surface area contributed by atoms with E-state index < -0.39 is 5.92 Å². The van der Waals surface area contributed by atoms with Gasteiger partial charge in [-0.25, -0.2) is 8.78 Å². The molecule has 2 rings (SSSR count). The quantitative estimate of drug-likeness (QED) is 0.770. The van der Waals surface area contributed by atoms with Crippen molar-refractivity contribution >= 4 is 22.6 Å². The first-order valence-corrected chi connectivity index (χ1v) is 5.90. The molecule has 0 bridgehead atoms. The molecule has 1 aromatic carbocycles. The lowest BCUT2D eigenvalue weighted by Gasteiger charge is -2.34. The first-order valence-electron chi connectivity index (χ1n) is 4.82. The zero-order valence-electron chi connectivity index (χ0n) is 8.05. The predicted octanol–water partition coefficient (Wildman–Crippen LogP) is 3.72. The Bertz CT molecular complexity index is 346. The Morgan fingerprint density at radius 1 is 1.33 bits per heavy atom. The first-order chi connectivity index (χ1) is 7.07. The van der Waals surface area contributed by atoms with Gasteiger partial charge in [-0.1, -0.05) is 12.1 Å². The van der Waals surface area contributed by atoms with E-state index in [1.54, 1.807) is 0 Å². The Balaban J connectivity index is 1.82. The van der Waals surface area contributed by atoms with Crippen molar-refractivity contribution in [1.82, 2.24) is 0 Å². The maximum atomic E-state index is 12.5. The molecule has 0 heterocycles. The van der Waals surface area contributed by atoms with E-state index in [0.717, 1.165) is 9.32 Å². The van der Waals surface area contributed by atoms with E-state index in [1.165, 1.54) is 0 Å². The number of ether oxygens (including phenoxy) is 1. The molecule has 1 aliphatic carbocycles. The van der Waals surface area contributed by atoms with Gasteiger partial charge >= 0.3 is 0 Å². The van der Waals surface area contributed by atoms with Crippen molar-refractivity contribution in [3.63, 3.8) is 0 Å². The summed E-state index contributed by atoms with van der Waals surface area (Å²) in [7, 11) is 0. The summed E-state index contributed by atoms with van der Waals surface area (Å²) in [6.45, 7) is 0.398. The summed E-state index contributed by atoms with van der Waals surface area (Å²) in [4.78, 5) is 0. The zero-order chi connectivity index (χ0) is 10.9. The van der Waals surface area contributed by atoms with Crippen molar-refractivity contribution in [3.8, 4) is 5.75 Å². The summed E-state index contributed by atoms with van der Waals surface area (Å²) in [5, 5.41) is 0. The summed E-state index contributed by atoms with van der Waals surface area (Å²) in [5.74, 6) is -1.65. The van der Waals surface area contributed by atoms with Crippen LogP contribution >= 0.6 is 22.6 Å². The van der Waals surface area contributed by atoms with Gasteiger partial charge in [-0.3, -0.25) is 0 Å². The average molecular weight is 324 g/mol. The van der Waals surface area contributed by atoms with Crippen molar-refractivity contribution in [2.24, 2.45) is 5.92 Å². The lowest BCUT2D eigenvalue weighted by Crippen LogP contribution is -2.38. The number of hydrogen-bond donors (Lipinski definition) is 0. The molecule has 1 saturated carbocycles. The van der Waals surface area contributed by atoms with Crippen LogP contribution in [0.1, 0.15) is 12.8 Å². The summed E-state index contributed by atoms with van der Waals surface area (Å²) < 4.78 is 31.6. The molecule has 0 radical (unpaired) electrons. The van der Waals surface area contributed by atoms with E-state index in [1.807, 2.05) is 24.3 Å². The number of para-hydroxylation sites is 1. The maximum Gasteiger partial charge on any atom is 0.248 e. The maximum absolute atomic E-state index is 12.5. The molecule has 0 unspecified atom stereocenters. The molecule has 0 spiro atoms. The second kappa shape index (κ2) is 4.23. The highest BCUT2D eigenvalue weighted by molar-refractivity contribution is 14.1. The highest BCUT2D eigenvalue weighted by atomic mass is 127. The molecule has 1 fully saturated rings. The Hall–Kier alpha value is -0.390. The van der Waals surface area contributed by atoms with E-state index in [9.17, 15) is 8.78 Å². The average Bonchev–Trinajstić information content (AvgIpc) is 2.13. The molecule has 1 aromatic rings. The molecular weight excluding hydrogens is 313 g/mol. The van der Waals surface area contributed by atoms with Crippen LogP contribution in [0.5, 0.6) is 5.75 Å². The van der Waals surface area contributed by atoms with Gasteiger partial charge in [-0.2, -0.15) is 0 Å². The van der Waals surface area contributed by atoms with E-state index in [0.29, 0.717) is 6.61 Å². The van der Waals surface area contributed by atoms with Gasteiger partial charge in [0.25, 0.3) is 0 Å². The van der Waals surface area contributed by atoms with Gasteiger partial charge in [0.05, 0.1) is 10.2 Å². The molecule has 1 nitrogen and oxygen atoms in total. The van der Waals surface area contributed by atoms with E-state index in [4.69, 9.17) is 4.74 Å². The van der Waals surface area contributed by atoms with Crippen molar-refractivity contribution in [3.05, 3.63) is 27.8 Å². The summed E-state index contributed by atoms with van der Waals surface area (Å²) >= 11 is 2.17. The summed E-state index contributed by atoms with van der Waals surface area (Å²) in [6.07, 6.45) is -0.0627. The third-order valence-corrected chi connectivity index (χ3v) is 3.38. The Morgan fingerprint density at radius 2 is 2.00 bits per heavy atom. The number of halogens is 3. The minimum absolute atomic E-state index is 0.0102. The van der Waals surface area contributed by atoms with Gasteiger partial charge in [-0.15, -0.1) is 0 Å². The van der Waals surface area contributed by atoms with Crippen LogP contribution in [0.3, 0.4) is 0 Å². The largest absolute Gasteiger partial charge is 0.492 e. The molecule has 0 amide bonds. The van der Waals surface area contributed by atoms with E-state index in [2.05, 4.69) is 22.6 Å². The van der Waals surface area contributed by atoms with Crippen molar-refractivity contribution in [2.75, 3.05) is 6.61 Å². The predicted molar refractivity (Wildman–Crippen MR) is 62.3 cm³/mol. The van der Waals surface area contributed by atoms with Gasteiger partial charge < -0.3 is 4.74 Å². The molecule has 15 heavy (non-hydrogen) atoms.